The van der Waals surface area contributed by atoms with Crippen molar-refractivity contribution in [1.82, 2.24) is 9.78 Å². The topological polar surface area (TPSA) is 38.0 Å². The lowest BCUT2D eigenvalue weighted by Gasteiger charge is -2.38. The number of aliphatic hydroxyl groups excluding tert-OH is 1. The Hall–Kier alpha value is -0.830. The molecule has 1 fully saturated rings. The summed E-state index contributed by atoms with van der Waals surface area (Å²) in [4.78, 5) is 0. The zero-order valence-electron chi connectivity index (χ0n) is 10.3. The van der Waals surface area contributed by atoms with Gasteiger partial charge in [0.05, 0.1) is 5.69 Å². The molecule has 0 spiro atoms. The van der Waals surface area contributed by atoms with Gasteiger partial charge < -0.3 is 5.11 Å². The molecular weight excluding hydrogens is 200 g/mol. The van der Waals surface area contributed by atoms with Crippen molar-refractivity contribution in [2.75, 3.05) is 0 Å². The third-order valence-electron chi connectivity index (χ3n) is 3.98. The first-order valence-corrected chi connectivity index (χ1v) is 6.37. The number of nitrogens with zero attached hydrogens (tertiary/aromatic N) is 2. The van der Waals surface area contributed by atoms with Crippen molar-refractivity contribution in [2.24, 2.45) is 5.41 Å². The summed E-state index contributed by atoms with van der Waals surface area (Å²) in [6.45, 7) is 5.10. The fraction of sp³-hybridized carbons (Fsp3) is 0.769. The molecule has 0 aliphatic heterocycles. The molecule has 16 heavy (non-hydrogen) atoms. The number of rotatable bonds is 3. The summed E-state index contributed by atoms with van der Waals surface area (Å²) in [5, 5.41) is 14.8. The molecule has 1 N–H and O–H groups in total. The van der Waals surface area contributed by atoms with Crippen molar-refractivity contribution >= 4 is 0 Å². The van der Waals surface area contributed by atoms with E-state index >= 15 is 0 Å². The monoisotopic (exact) mass is 222 g/mol. The predicted molar refractivity (Wildman–Crippen MR) is 64.1 cm³/mol. The van der Waals surface area contributed by atoms with Crippen molar-refractivity contribution in [3.8, 4) is 0 Å². The Morgan fingerprint density at radius 3 is 2.75 bits per heavy atom. The Labute approximate surface area is 97.5 Å². The van der Waals surface area contributed by atoms with E-state index in [1.54, 1.807) is 6.20 Å². The Morgan fingerprint density at radius 2 is 2.12 bits per heavy atom. The van der Waals surface area contributed by atoms with Gasteiger partial charge in [-0.3, -0.25) is 4.68 Å². The molecule has 0 aromatic carbocycles. The molecule has 1 heterocycles. The van der Waals surface area contributed by atoms with E-state index in [4.69, 9.17) is 0 Å². The minimum absolute atomic E-state index is 0.0468. The standard InChI is InChI=1S/C13H22N2O/c1-3-15-11(7-10-14-15)12(16)13(2)8-5-4-6-9-13/h7,10,12,16H,3-6,8-9H2,1-2H3. The largest absolute Gasteiger partial charge is 0.386 e. The molecule has 1 unspecified atom stereocenters. The zero-order chi connectivity index (χ0) is 11.6. The van der Waals surface area contributed by atoms with Crippen molar-refractivity contribution in [1.29, 1.82) is 0 Å². The Bertz CT molecular complexity index is 339. The van der Waals surface area contributed by atoms with E-state index in [1.807, 2.05) is 10.7 Å². The average Bonchev–Trinajstić information content (AvgIpc) is 2.77. The maximum absolute atomic E-state index is 10.5. The summed E-state index contributed by atoms with van der Waals surface area (Å²) < 4.78 is 1.91. The lowest BCUT2D eigenvalue weighted by molar-refractivity contribution is 0.00224. The van der Waals surface area contributed by atoms with Gasteiger partial charge in [-0.15, -0.1) is 0 Å². The Kier molecular flexibility index (Phi) is 3.33. The van der Waals surface area contributed by atoms with Crippen LogP contribution in [0.2, 0.25) is 0 Å². The van der Waals surface area contributed by atoms with Gasteiger partial charge in [0.1, 0.15) is 6.10 Å². The van der Waals surface area contributed by atoms with E-state index in [-0.39, 0.29) is 11.5 Å². The van der Waals surface area contributed by atoms with Crippen LogP contribution in [0.25, 0.3) is 0 Å². The van der Waals surface area contributed by atoms with E-state index < -0.39 is 0 Å². The van der Waals surface area contributed by atoms with Crippen LogP contribution in [0.1, 0.15) is 57.7 Å². The van der Waals surface area contributed by atoms with Gasteiger partial charge in [0, 0.05) is 12.7 Å². The molecule has 1 aromatic rings. The number of aryl methyl sites for hydroxylation is 1. The minimum atomic E-state index is -0.366. The lowest BCUT2D eigenvalue weighted by Crippen LogP contribution is -2.29. The van der Waals surface area contributed by atoms with Crippen molar-refractivity contribution < 1.29 is 5.11 Å². The normalized spacial score (nSPS) is 21.9. The van der Waals surface area contributed by atoms with Crippen LogP contribution in [-0.2, 0) is 6.54 Å². The molecule has 0 amide bonds. The van der Waals surface area contributed by atoms with Crippen LogP contribution in [0.4, 0.5) is 0 Å². The third-order valence-corrected chi connectivity index (χ3v) is 3.98. The van der Waals surface area contributed by atoms with Crippen LogP contribution in [0.5, 0.6) is 0 Å². The molecule has 2 rings (SSSR count). The van der Waals surface area contributed by atoms with E-state index in [2.05, 4.69) is 18.9 Å². The molecule has 1 saturated carbocycles. The van der Waals surface area contributed by atoms with Crippen LogP contribution in [0.15, 0.2) is 12.3 Å². The lowest BCUT2D eigenvalue weighted by atomic mass is 9.71. The van der Waals surface area contributed by atoms with E-state index in [0.29, 0.717) is 0 Å². The third kappa shape index (κ3) is 2.01. The predicted octanol–water partition coefficient (Wildman–Crippen LogP) is 2.91. The van der Waals surface area contributed by atoms with Crippen LogP contribution in [-0.4, -0.2) is 14.9 Å². The molecule has 3 nitrogen and oxygen atoms in total. The molecular formula is C13H22N2O. The van der Waals surface area contributed by atoms with Gasteiger partial charge in [-0.25, -0.2) is 0 Å². The van der Waals surface area contributed by atoms with Crippen molar-refractivity contribution in [2.45, 2.75) is 58.6 Å². The van der Waals surface area contributed by atoms with Crippen molar-refractivity contribution in [3.05, 3.63) is 18.0 Å². The molecule has 1 aromatic heterocycles. The summed E-state index contributed by atoms with van der Waals surface area (Å²) in [6, 6.07) is 1.95. The van der Waals surface area contributed by atoms with Gasteiger partial charge in [-0.2, -0.15) is 5.10 Å². The Morgan fingerprint density at radius 1 is 1.44 bits per heavy atom. The van der Waals surface area contributed by atoms with Gasteiger partial charge in [0.25, 0.3) is 0 Å². The highest BCUT2D eigenvalue weighted by Gasteiger charge is 2.36. The Balaban J connectivity index is 2.20. The summed E-state index contributed by atoms with van der Waals surface area (Å²) in [6.07, 6.45) is 7.48. The highest BCUT2D eigenvalue weighted by atomic mass is 16.3. The molecule has 1 aliphatic rings. The molecule has 90 valence electrons. The summed E-state index contributed by atoms with van der Waals surface area (Å²) in [5.74, 6) is 0. The maximum Gasteiger partial charge on any atom is 0.101 e. The second kappa shape index (κ2) is 4.58. The first-order chi connectivity index (χ1) is 7.67. The number of aliphatic hydroxyl groups is 1. The van der Waals surface area contributed by atoms with Gasteiger partial charge in [0.2, 0.25) is 0 Å². The fourth-order valence-electron chi connectivity index (χ4n) is 2.83. The molecule has 3 heteroatoms. The molecule has 1 atom stereocenters. The second-order valence-corrected chi connectivity index (χ2v) is 5.19. The summed E-state index contributed by atoms with van der Waals surface area (Å²) >= 11 is 0. The van der Waals surface area contributed by atoms with E-state index in [1.165, 1.54) is 19.3 Å². The van der Waals surface area contributed by atoms with Crippen LogP contribution >= 0.6 is 0 Å². The second-order valence-electron chi connectivity index (χ2n) is 5.19. The SMILES string of the molecule is CCn1nccc1C(O)C1(C)CCCCC1. The fourth-order valence-corrected chi connectivity index (χ4v) is 2.83. The molecule has 0 saturated heterocycles. The van der Waals surface area contributed by atoms with Crippen LogP contribution < -0.4 is 0 Å². The molecule has 0 radical (unpaired) electrons. The van der Waals surface area contributed by atoms with Gasteiger partial charge in [-0.1, -0.05) is 26.2 Å². The first-order valence-electron chi connectivity index (χ1n) is 6.37. The highest BCUT2D eigenvalue weighted by Crippen LogP contribution is 2.45. The smallest absolute Gasteiger partial charge is 0.101 e. The average molecular weight is 222 g/mol. The quantitative estimate of drug-likeness (QED) is 0.854. The van der Waals surface area contributed by atoms with E-state index in [0.717, 1.165) is 25.1 Å². The van der Waals surface area contributed by atoms with Crippen LogP contribution in [0.3, 0.4) is 0 Å². The summed E-state index contributed by atoms with van der Waals surface area (Å²) in [5.41, 5.74) is 1.03. The molecule has 1 aliphatic carbocycles. The number of aromatic nitrogens is 2. The van der Waals surface area contributed by atoms with Gasteiger partial charge in [0.15, 0.2) is 0 Å². The van der Waals surface area contributed by atoms with Gasteiger partial charge >= 0.3 is 0 Å². The van der Waals surface area contributed by atoms with Gasteiger partial charge in [-0.05, 0) is 31.2 Å². The number of hydrogen-bond donors (Lipinski definition) is 1. The highest BCUT2D eigenvalue weighted by molar-refractivity contribution is 5.09. The van der Waals surface area contributed by atoms with E-state index in [9.17, 15) is 5.11 Å². The maximum atomic E-state index is 10.5. The number of hydrogen-bond acceptors (Lipinski definition) is 2. The van der Waals surface area contributed by atoms with Crippen LogP contribution in [0, 0.1) is 5.41 Å². The summed E-state index contributed by atoms with van der Waals surface area (Å²) in [7, 11) is 0. The molecule has 0 bridgehead atoms. The minimum Gasteiger partial charge on any atom is -0.386 e. The van der Waals surface area contributed by atoms with Crippen molar-refractivity contribution in [3.63, 3.8) is 0 Å². The zero-order valence-corrected chi connectivity index (χ0v) is 10.3. The first kappa shape index (κ1) is 11.6.